The topological polar surface area (TPSA) is 79.0 Å². The van der Waals surface area contributed by atoms with Crippen molar-refractivity contribution in [1.29, 1.82) is 0 Å². The van der Waals surface area contributed by atoms with Crippen molar-refractivity contribution in [2.24, 2.45) is 0 Å². The highest BCUT2D eigenvalue weighted by Crippen LogP contribution is 2.27. The van der Waals surface area contributed by atoms with Crippen LogP contribution in [0.4, 0.5) is 0 Å². The fourth-order valence-corrected chi connectivity index (χ4v) is 4.48. The summed E-state index contributed by atoms with van der Waals surface area (Å²) in [5.41, 5.74) is 1.77. The molecule has 1 aliphatic heterocycles. The predicted molar refractivity (Wildman–Crippen MR) is 114 cm³/mol. The van der Waals surface area contributed by atoms with Crippen LogP contribution in [0.3, 0.4) is 0 Å². The monoisotopic (exact) mass is 408 g/mol. The number of hydrogen-bond donors (Lipinski definition) is 1. The van der Waals surface area contributed by atoms with Crippen LogP contribution in [0.15, 0.2) is 52.9 Å². The zero-order valence-electron chi connectivity index (χ0n) is 16.2. The molecule has 3 aromatic heterocycles. The summed E-state index contributed by atoms with van der Waals surface area (Å²) >= 11 is 1.57. The fraction of sp³-hybridized carbons (Fsp3) is 0.364. The molecule has 0 bridgehead atoms. The number of nitrogens with zero attached hydrogens (tertiary/aromatic N) is 3. The Morgan fingerprint density at radius 2 is 2.14 bits per heavy atom. The molecule has 0 aliphatic carbocycles. The molecule has 4 rings (SSSR count). The molecule has 0 spiro atoms. The van der Waals surface area contributed by atoms with Crippen LogP contribution in [0.1, 0.15) is 43.0 Å². The van der Waals surface area contributed by atoms with Crippen molar-refractivity contribution >= 4 is 17.2 Å². The predicted octanol–water partition coefficient (Wildman–Crippen LogP) is 3.62. The number of pyridine rings is 1. The highest BCUT2D eigenvalue weighted by molar-refractivity contribution is 7.13. The number of rotatable bonds is 6. The number of aryl methyl sites for hydroxylation is 1. The highest BCUT2D eigenvalue weighted by atomic mass is 32.1. The molecule has 0 aromatic carbocycles. The van der Waals surface area contributed by atoms with Gasteiger partial charge in [0.25, 0.3) is 5.56 Å². The first kappa shape index (κ1) is 19.5. The standard InChI is InChI=1S/C22H24N4O2S/c27-20-14-18(19-6-3-13-29-19)24-22(25-20)17-5-2-12-26(15-17)21(28)7-1-4-16-8-10-23-11-9-16/h3,6,8-11,13-14,17H,1-2,4-5,7,12,15H2,(H,24,25,27)/t17-/m0/s1. The van der Waals surface area contributed by atoms with E-state index in [1.54, 1.807) is 29.8 Å². The second-order valence-corrected chi connectivity index (χ2v) is 8.33. The maximum atomic E-state index is 12.7. The maximum absolute atomic E-state index is 12.7. The third-order valence-electron chi connectivity index (χ3n) is 5.30. The molecule has 29 heavy (non-hydrogen) atoms. The Morgan fingerprint density at radius 1 is 1.28 bits per heavy atom. The number of piperidine rings is 1. The van der Waals surface area contributed by atoms with Gasteiger partial charge in [0, 0.05) is 43.9 Å². The van der Waals surface area contributed by atoms with E-state index >= 15 is 0 Å². The van der Waals surface area contributed by atoms with Gasteiger partial charge in [-0.15, -0.1) is 11.3 Å². The molecule has 1 atom stereocenters. The molecule has 0 saturated carbocycles. The quantitative estimate of drug-likeness (QED) is 0.676. The van der Waals surface area contributed by atoms with Crippen LogP contribution >= 0.6 is 11.3 Å². The lowest BCUT2D eigenvalue weighted by Crippen LogP contribution is -2.39. The summed E-state index contributed by atoms with van der Waals surface area (Å²) in [6.45, 7) is 1.39. The van der Waals surface area contributed by atoms with Crippen molar-refractivity contribution in [2.45, 2.75) is 38.0 Å². The van der Waals surface area contributed by atoms with E-state index in [1.807, 2.05) is 34.5 Å². The van der Waals surface area contributed by atoms with E-state index in [4.69, 9.17) is 4.98 Å². The van der Waals surface area contributed by atoms with Crippen molar-refractivity contribution in [3.05, 3.63) is 69.8 Å². The van der Waals surface area contributed by atoms with Gasteiger partial charge in [0.2, 0.25) is 5.91 Å². The summed E-state index contributed by atoms with van der Waals surface area (Å²) in [6.07, 6.45) is 7.66. The minimum Gasteiger partial charge on any atom is -0.342 e. The van der Waals surface area contributed by atoms with Gasteiger partial charge in [0.1, 0.15) is 5.82 Å². The normalized spacial score (nSPS) is 16.7. The number of hydrogen-bond acceptors (Lipinski definition) is 5. The van der Waals surface area contributed by atoms with Crippen LogP contribution in [0.2, 0.25) is 0 Å². The number of nitrogens with one attached hydrogen (secondary N) is 1. The number of likely N-dealkylation sites (tertiary alicyclic amines) is 1. The van der Waals surface area contributed by atoms with Gasteiger partial charge in [-0.25, -0.2) is 4.98 Å². The Hall–Kier alpha value is -2.80. The Labute approximate surface area is 173 Å². The Kier molecular flexibility index (Phi) is 6.14. The van der Waals surface area contributed by atoms with E-state index in [2.05, 4.69) is 9.97 Å². The van der Waals surface area contributed by atoms with Crippen LogP contribution in [-0.2, 0) is 11.2 Å². The van der Waals surface area contributed by atoms with Gasteiger partial charge in [0.15, 0.2) is 0 Å². The number of carbonyl (C=O) groups is 1. The summed E-state index contributed by atoms with van der Waals surface area (Å²) in [5, 5.41) is 1.98. The molecule has 7 heteroatoms. The lowest BCUT2D eigenvalue weighted by Gasteiger charge is -2.32. The Bertz CT molecular complexity index is 1000. The number of thiophene rings is 1. The third-order valence-corrected chi connectivity index (χ3v) is 6.19. The first-order valence-corrected chi connectivity index (χ1v) is 10.9. The van der Waals surface area contributed by atoms with Gasteiger partial charge in [-0.1, -0.05) is 6.07 Å². The second kappa shape index (κ2) is 9.13. The molecule has 1 aliphatic rings. The van der Waals surface area contributed by atoms with Gasteiger partial charge < -0.3 is 9.88 Å². The second-order valence-electron chi connectivity index (χ2n) is 7.38. The SMILES string of the molecule is O=C(CCCc1ccncc1)N1CCC[C@H](c2nc(-c3cccs3)cc(=O)[nH]2)C1. The molecule has 0 radical (unpaired) electrons. The van der Waals surface area contributed by atoms with E-state index in [0.717, 1.165) is 37.1 Å². The summed E-state index contributed by atoms with van der Waals surface area (Å²) in [4.78, 5) is 39.4. The number of amides is 1. The van der Waals surface area contributed by atoms with Crippen molar-refractivity contribution < 1.29 is 4.79 Å². The first-order valence-electron chi connectivity index (χ1n) is 10.0. The van der Waals surface area contributed by atoms with Crippen LogP contribution < -0.4 is 5.56 Å². The number of aromatic nitrogens is 3. The van der Waals surface area contributed by atoms with E-state index in [-0.39, 0.29) is 17.4 Å². The molecule has 0 unspecified atom stereocenters. The summed E-state index contributed by atoms with van der Waals surface area (Å²) < 4.78 is 0. The molecule has 1 fully saturated rings. The fourth-order valence-electron chi connectivity index (χ4n) is 3.80. The third kappa shape index (κ3) is 4.98. The van der Waals surface area contributed by atoms with Crippen LogP contribution in [0.25, 0.3) is 10.6 Å². The molecule has 1 N–H and O–H groups in total. The van der Waals surface area contributed by atoms with Crippen LogP contribution in [0.5, 0.6) is 0 Å². The van der Waals surface area contributed by atoms with Crippen LogP contribution in [-0.4, -0.2) is 38.8 Å². The summed E-state index contributed by atoms with van der Waals surface area (Å²) in [5.74, 6) is 0.941. The molecule has 1 saturated heterocycles. The Balaban J connectivity index is 1.39. The van der Waals surface area contributed by atoms with Gasteiger partial charge in [-0.2, -0.15) is 0 Å². The number of H-pyrrole nitrogens is 1. The van der Waals surface area contributed by atoms with Gasteiger partial charge in [-0.3, -0.25) is 14.6 Å². The Morgan fingerprint density at radius 3 is 2.93 bits per heavy atom. The lowest BCUT2D eigenvalue weighted by atomic mass is 9.96. The molecular formula is C22H24N4O2S. The zero-order valence-corrected chi connectivity index (χ0v) is 17.0. The van der Waals surface area contributed by atoms with Gasteiger partial charge >= 0.3 is 0 Å². The van der Waals surface area contributed by atoms with Gasteiger partial charge in [0.05, 0.1) is 10.6 Å². The lowest BCUT2D eigenvalue weighted by molar-refractivity contribution is -0.132. The summed E-state index contributed by atoms with van der Waals surface area (Å²) in [7, 11) is 0. The smallest absolute Gasteiger partial charge is 0.251 e. The minimum absolute atomic E-state index is 0.0699. The molecular weight excluding hydrogens is 384 g/mol. The van der Waals surface area contributed by atoms with Crippen molar-refractivity contribution in [2.75, 3.05) is 13.1 Å². The van der Waals surface area contributed by atoms with E-state index < -0.39 is 0 Å². The molecule has 1 amide bonds. The molecule has 3 aromatic rings. The summed E-state index contributed by atoms with van der Waals surface area (Å²) in [6, 6.07) is 9.44. The van der Waals surface area contributed by atoms with Crippen molar-refractivity contribution in [3.8, 4) is 10.6 Å². The maximum Gasteiger partial charge on any atom is 0.251 e. The highest BCUT2D eigenvalue weighted by Gasteiger charge is 2.26. The van der Waals surface area contributed by atoms with Gasteiger partial charge in [-0.05, 0) is 54.8 Å². The average molecular weight is 409 g/mol. The van der Waals surface area contributed by atoms with E-state index in [9.17, 15) is 9.59 Å². The minimum atomic E-state index is -0.140. The number of carbonyl (C=O) groups excluding carboxylic acids is 1. The van der Waals surface area contributed by atoms with E-state index in [0.29, 0.717) is 24.5 Å². The largest absolute Gasteiger partial charge is 0.342 e. The molecule has 6 nitrogen and oxygen atoms in total. The average Bonchev–Trinajstić information content (AvgIpc) is 3.29. The van der Waals surface area contributed by atoms with E-state index in [1.165, 1.54) is 5.56 Å². The molecule has 150 valence electrons. The van der Waals surface area contributed by atoms with Crippen molar-refractivity contribution in [3.63, 3.8) is 0 Å². The van der Waals surface area contributed by atoms with Crippen molar-refractivity contribution in [1.82, 2.24) is 19.9 Å². The number of aromatic amines is 1. The zero-order chi connectivity index (χ0) is 20.1. The first-order chi connectivity index (χ1) is 14.2. The molecule has 4 heterocycles. The van der Waals surface area contributed by atoms with Crippen LogP contribution in [0, 0.1) is 0 Å².